The Kier molecular flexibility index (Phi) is 3.81. The third-order valence-corrected chi connectivity index (χ3v) is 2.85. The highest BCUT2D eigenvalue weighted by Gasteiger charge is 2.16. The average molecular weight is 255 g/mol. The number of rotatable bonds is 2. The van der Waals surface area contributed by atoms with Crippen LogP contribution in [-0.2, 0) is 0 Å². The highest BCUT2D eigenvalue weighted by molar-refractivity contribution is 5.85. The number of fused-ring (bicyclic) bond motifs is 1. The molecule has 17 heavy (non-hydrogen) atoms. The molecule has 2 aromatic heterocycles. The monoisotopic (exact) mass is 254 g/mol. The minimum atomic E-state index is 0. The summed E-state index contributed by atoms with van der Waals surface area (Å²) in [4.78, 5) is 11.4. The summed E-state index contributed by atoms with van der Waals surface area (Å²) in [5, 5.41) is 4.27. The predicted molar refractivity (Wildman–Crippen MR) is 67.7 cm³/mol. The van der Waals surface area contributed by atoms with Gasteiger partial charge in [0.2, 0.25) is 5.88 Å². The molecule has 2 N–H and O–H groups in total. The molecule has 3 rings (SSSR count). The summed E-state index contributed by atoms with van der Waals surface area (Å²) in [5.74, 6) is 0.681. The first-order chi connectivity index (χ1) is 7.93. The highest BCUT2D eigenvalue weighted by Crippen LogP contribution is 2.22. The smallest absolute Gasteiger partial charge is 0.226 e. The summed E-state index contributed by atoms with van der Waals surface area (Å²) in [6.07, 6.45) is 5.85. The van der Waals surface area contributed by atoms with Gasteiger partial charge in [-0.05, 0) is 25.5 Å². The number of piperidine rings is 1. The largest absolute Gasteiger partial charge is 0.472 e. The van der Waals surface area contributed by atoms with E-state index in [2.05, 4.69) is 20.3 Å². The van der Waals surface area contributed by atoms with Crippen molar-refractivity contribution < 1.29 is 4.74 Å². The maximum Gasteiger partial charge on any atom is 0.226 e. The number of aromatic amines is 1. The normalized spacial score (nSPS) is 19.9. The maximum absolute atomic E-state index is 5.89. The van der Waals surface area contributed by atoms with Crippen LogP contribution in [0.25, 0.3) is 11.0 Å². The fraction of sp³-hybridized carbons (Fsp3) is 0.455. The molecule has 2 aromatic rings. The molecule has 0 saturated carbocycles. The van der Waals surface area contributed by atoms with Crippen molar-refractivity contribution in [2.75, 3.05) is 13.1 Å². The second-order valence-corrected chi connectivity index (χ2v) is 4.00. The van der Waals surface area contributed by atoms with Crippen LogP contribution in [0.4, 0.5) is 0 Å². The highest BCUT2D eigenvalue weighted by atomic mass is 35.5. The zero-order chi connectivity index (χ0) is 10.8. The predicted octanol–water partition coefficient (Wildman–Crippen LogP) is 1.51. The van der Waals surface area contributed by atoms with Gasteiger partial charge in [-0.1, -0.05) is 0 Å². The topological polar surface area (TPSA) is 62.8 Å². The molecule has 1 fully saturated rings. The molecule has 6 heteroatoms. The van der Waals surface area contributed by atoms with Gasteiger partial charge in [-0.15, -0.1) is 12.4 Å². The number of hydrogen-bond acceptors (Lipinski definition) is 4. The molecule has 0 radical (unpaired) electrons. The number of ether oxygens (including phenoxy) is 1. The van der Waals surface area contributed by atoms with Crippen LogP contribution in [0.5, 0.6) is 5.88 Å². The summed E-state index contributed by atoms with van der Waals surface area (Å²) < 4.78 is 5.89. The van der Waals surface area contributed by atoms with Crippen LogP contribution in [0.2, 0.25) is 0 Å². The van der Waals surface area contributed by atoms with Crippen LogP contribution < -0.4 is 10.1 Å². The van der Waals surface area contributed by atoms with Crippen molar-refractivity contribution in [1.82, 2.24) is 20.3 Å². The fourth-order valence-electron chi connectivity index (χ4n) is 2.02. The second-order valence-electron chi connectivity index (χ2n) is 4.00. The second kappa shape index (κ2) is 5.33. The molecule has 5 nitrogen and oxygen atoms in total. The van der Waals surface area contributed by atoms with Gasteiger partial charge in [0.15, 0.2) is 0 Å². The van der Waals surface area contributed by atoms with Crippen molar-refractivity contribution in [3.63, 3.8) is 0 Å². The SMILES string of the molecule is Cl.c1nc(O[C@H]2CCCNC2)c2cc[nH]c2n1. The maximum atomic E-state index is 5.89. The molecule has 0 amide bonds. The Morgan fingerprint density at radius 1 is 1.35 bits per heavy atom. The molecule has 0 spiro atoms. The molecular weight excluding hydrogens is 240 g/mol. The van der Waals surface area contributed by atoms with E-state index in [4.69, 9.17) is 4.74 Å². The van der Waals surface area contributed by atoms with Crippen LogP contribution in [0, 0.1) is 0 Å². The van der Waals surface area contributed by atoms with E-state index in [0.717, 1.165) is 37.0 Å². The number of aromatic nitrogens is 3. The Labute approximate surface area is 105 Å². The van der Waals surface area contributed by atoms with Crippen LogP contribution in [0.3, 0.4) is 0 Å². The molecule has 0 aliphatic carbocycles. The summed E-state index contributed by atoms with van der Waals surface area (Å²) >= 11 is 0. The molecule has 0 bridgehead atoms. The van der Waals surface area contributed by atoms with Gasteiger partial charge < -0.3 is 15.0 Å². The summed E-state index contributed by atoms with van der Waals surface area (Å²) in [7, 11) is 0. The van der Waals surface area contributed by atoms with Crippen molar-refractivity contribution in [3.8, 4) is 5.88 Å². The van der Waals surface area contributed by atoms with Gasteiger partial charge >= 0.3 is 0 Å². The molecular formula is C11H15ClN4O. The molecule has 0 unspecified atom stereocenters. The van der Waals surface area contributed by atoms with Crippen molar-refractivity contribution in [2.24, 2.45) is 0 Å². The first-order valence-electron chi connectivity index (χ1n) is 5.59. The quantitative estimate of drug-likeness (QED) is 0.853. The Balaban J connectivity index is 0.00000108. The van der Waals surface area contributed by atoms with Gasteiger partial charge in [0.1, 0.15) is 18.1 Å². The summed E-state index contributed by atoms with van der Waals surface area (Å²) in [5.41, 5.74) is 0.828. The van der Waals surface area contributed by atoms with Crippen LogP contribution in [-0.4, -0.2) is 34.1 Å². The summed E-state index contributed by atoms with van der Waals surface area (Å²) in [6, 6.07) is 1.95. The van der Waals surface area contributed by atoms with E-state index in [1.807, 2.05) is 12.3 Å². The number of H-pyrrole nitrogens is 1. The molecule has 3 heterocycles. The first-order valence-corrected chi connectivity index (χ1v) is 5.59. The Morgan fingerprint density at radius 3 is 3.12 bits per heavy atom. The Bertz CT molecular complexity index is 481. The minimum absolute atomic E-state index is 0. The lowest BCUT2D eigenvalue weighted by Gasteiger charge is -2.23. The Morgan fingerprint density at radius 2 is 2.29 bits per heavy atom. The van der Waals surface area contributed by atoms with E-state index < -0.39 is 0 Å². The number of nitrogens with zero attached hydrogens (tertiary/aromatic N) is 2. The van der Waals surface area contributed by atoms with E-state index in [0.29, 0.717) is 5.88 Å². The fourth-order valence-corrected chi connectivity index (χ4v) is 2.02. The number of nitrogens with one attached hydrogen (secondary N) is 2. The third-order valence-electron chi connectivity index (χ3n) is 2.85. The van der Waals surface area contributed by atoms with Gasteiger partial charge in [-0.25, -0.2) is 9.97 Å². The molecule has 0 aromatic carbocycles. The van der Waals surface area contributed by atoms with E-state index in [9.17, 15) is 0 Å². The minimum Gasteiger partial charge on any atom is -0.472 e. The molecule has 1 saturated heterocycles. The van der Waals surface area contributed by atoms with E-state index in [1.165, 1.54) is 6.33 Å². The lowest BCUT2D eigenvalue weighted by Crippen LogP contribution is -2.37. The van der Waals surface area contributed by atoms with Crippen molar-refractivity contribution >= 4 is 23.4 Å². The third kappa shape index (κ3) is 2.50. The van der Waals surface area contributed by atoms with Crippen LogP contribution >= 0.6 is 12.4 Å². The van der Waals surface area contributed by atoms with Crippen molar-refractivity contribution in [3.05, 3.63) is 18.6 Å². The van der Waals surface area contributed by atoms with E-state index in [-0.39, 0.29) is 18.5 Å². The standard InChI is InChI=1S/C11H14N4O.ClH/c1-2-8(6-12-4-1)16-11-9-3-5-13-10(9)14-7-15-11;/h3,5,7-8,12H,1-2,4,6H2,(H,13,14,15);1H/t8-;/m0./s1. The van der Waals surface area contributed by atoms with Crippen LogP contribution in [0.1, 0.15) is 12.8 Å². The average Bonchev–Trinajstić information content (AvgIpc) is 2.80. The molecule has 1 aliphatic heterocycles. The number of hydrogen-bond donors (Lipinski definition) is 2. The lowest BCUT2D eigenvalue weighted by molar-refractivity contribution is 0.162. The van der Waals surface area contributed by atoms with Gasteiger partial charge in [0.25, 0.3) is 0 Å². The number of halogens is 1. The first kappa shape index (κ1) is 12.1. The van der Waals surface area contributed by atoms with Gasteiger partial charge in [-0.3, -0.25) is 0 Å². The molecule has 92 valence electrons. The van der Waals surface area contributed by atoms with Crippen LogP contribution in [0.15, 0.2) is 18.6 Å². The van der Waals surface area contributed by atoms with E-state index >= 15 is 0 Å². The lowest BCUT2D eigenvalue weighted by atomic mass is 10.1. The molecule has 1 atom stereocenters. The zero-order valence-electron chi connectivity index (χ0n) is 9.35. The van der Waals surface area contributed by atoms with E-state index in [1.54, 1.807) is 0 Å². The van der Waals surface area contributed by atoms with Gasteiger partial charge in [-0.2, -0.15) is 0 Å². The van der Waals surface area contributed by atoms with Crippen molar-refractivity contribution in [2.45, 2.75) is 18.9 Å². The van der Waals surface area contributed by atoms with Gasteiger partial charge in [0.05, 0.1) is 5.39 Å². The Hall–Kier alpha value is -1.33. The zero-order valence-corrected chi connectivity index (χ0v) is 10.2. The summed E-state index contributed by atoms with van der Waals surface area (Å²) in [6.45, 7) is 1.99. The molecule has 1 aliphatic rings. The van der Waals surface area contributed by atoms with Gasteiger partial charge in [0, 0.05) is 12.7 Å². The van der Waals surface area contributed by atoms with Crippen molar-refractivity contribution in [1.29, 1.82) is 0 Å².